The van der Waals surface area contributed by atoms with E-state index in [1.54, 1.807) is 0 Å². The number of rotatable bonds is 0. The number of hydrogen-bond donors (Lipinski definition) is 0. The Balaban J connectivity index is 4.23. The van der Waals surface area contributed by atoms with Crippen LogP contribution in [0.2, 0.25) is 0 Å². The predicted octanol–water partition coefficient (Wildman–Crippen LogP) is 1.43. The van der Waals surface area contributed by atoms with Gasteiger partial charge in [0, 0.05) is 11.1 Å². The minimum Gasteiger partial charge on any atom is -0.340 e. The van der Waals surface area contributed by atoms with Gasteiger partial charge in [-0.2, -0.15) is 0 Å². The van der Waals surface area contributed by atoms with Crippen molar-refractivity contribution in [2.24, 2.45) is 0 Å². The van der Waals surface area contributed by atoms with Crippen LogP contribution in [0.4, 0.5) is 0 Å². The first-order chi connectivity index (χ1) is 4.15. The van der Waals surface area contributed by atoms with Gasteiger partial charge in [-0.15, -0.1) is 0 Å². The third-order valence-corrected chi connectivity index (χ3v) is 2.01. The maximum atomic E-state index is 2.38. The third kappa shape index (κ3) is 2.74. The molecule has 0 aromatic heterocycles. The van der Waals surface area contributed by atoms with Gasteiger partial charge in [0.15, 0.2) is 7.98 Å². The SMILES string of the molecule is BN(C(C)(C)C)C(C)(C)C. The Hall–Kier alpha value is 0.0249. The van der Waals surface area contributed by atoms with Crippen LogP contribution in [0.5, 0.6) is 0 Å². The quantitative estimate of drug-likeness (QED) is 0.461. The topological polar surface area (TPSA) is 3.24 Å². The molecule has 1 nitrogen and oxygen atoms in total. The van der Waals surface area contributed by atoms with Crippen molar-refractivity contribution in [1.29, 1.82) is 0 Å². The van der Waals surface area contributed by atoms with Gasteiger partial charge in [0.2, 0.25) is 0 Å². The first kappa shape index (κ1) is 10.0. The summed E-state index contributed by atoms with van der Waals surface area (Å²) in [4.78, 5) is 2.38. The van der Waals surface area contributed by atoms with Crippen molar-refractivity contribution in [3.05, 3.63) is 0 Å². The van der Waals surface area contributed by atoms with Crippen molar-refractivity contribution in [1.82, 2.24) is 4.81 Å². The molecule has 10 heavy (non-hydrogen) atoms. The van der Waals surface area contributed by atoms with Crippen molar-refractivity contribution in [3.8, 4) is 0 Å². The van der Waals surface area contributed by atoms with Gasteiger partial charge in [0.25, 0.3) is 0 Å². The molecular formula is C8H20BN. The van der Waals surface area contributed by atoms with E-state index in [-0.39, 0.29) is 11.1 Å². The van der Waals surface area contributed by atoms with Gasteiger partial charge in [0.1, 0.15) is 0 Å². The van der Waals surface area contributed by atoms with Gasteiger partial charge < -0.3 is 4.81 Å². The molecule has 0 atom stereocenters. The Morgan fingerprint density at radius 2 is 1.00 bits per heavy atom. The molecule has 0 fully saturated rings. The Labute approximate surface area is 66.2 Å². The minimum atomic E-state index is 0.276. The van der Waals surface area contributed by atoms with E-state index < -0.39 is 0 Å². The lowest BCUT2D eigenvalue weighted by molar-refractivity contribution is 0.144. The number of nitrogens with zero attached hydrogens (tertiary/aromatic N) is 1. The molecule has 0 amide bonds. The fourth-order valence-electron chi connectivity index (χ4n) is 1.01. The monoisotopic (exact) mass is 141 g/mol. The highest BCUT2D eigenvalue weighted by Crippen LogP contribution is 2.20. The highest BCUT2D eigenvalue weighted by Gasteiger charge is 2.26. The van der Waals surface area contributed by atoms with Crippen molar-refractivity contribution >= 4 is 7.98 Å². The van der Waals surface area contributed by atoms with Gasteiger partial charge in [-0.1, -0.05) is 0 Å². The zero-order valence-electron chi connectivity index (χ0n) is 8.45. The highest BCUT2D eigenvalue weighted by molar-refractivity contribution is 6.05. The second-order valence-electron chi connectivity index (χ2n) is 4.90. The van der Waals surface area contributed by atoms with Gasteiger partial charge in [-0.3, -0.25) is 0 Å². The molecule has 0 aliphatic rings. The summed E-state index contributed by atoms with van der Waals surface area (Å²) in [6.07, 6.45) is 0. The first-order valence-corrected chi connectivity index (χ1v) is 3.89. The first-order valence-electron chi connectivity index (χ1n) is 3.89. The molecule has 60 valence electrons. The maximum Gasteiger partial charge on any atom is 0.186 e. The molecule has 0 radical (unpaired) electrons. The summed E-state index contributed by atoms with van der Waals surface area (Å²) in [7, 11) is 2.17. The zero-order chi connectivity index (χ0) is 8.58. The average Bonchev–Trinajstić information content (AvgIpc) is 1.59. The predicted molar refractivity (Wildman–Crippen MR) is 49.9 cm³/mol. The van der Waals surface area contributed by atoms with Gasteiger partial charge in [-0.05, 0) is 41.5 Å². The Kier molecular flexibility index (Phi) is 2.58. The summed E-state index contributed by atoms with van der Waals surface area (Å²) in [5.74, 6) is 0. The lowest BCUT2D eigenvalue weighted by Gasteiger charge is -2.43. The molecule has 0 aliphatic carbocycles. The van der Waals surface area contributed by atoms with Gasteiger partial charge in [0.05, 0.1) is 0 Å². The van der Waals surface area contributed by atoms with Crippen molar-refractivity contribution < 1.29 is 0 Å². The van der Waals surface area contributed by atoms with E-state index in [2.05, 4.69) is 54.3 Å². The van der Waals surface area contributed by atoms with E-state index in [0.717, 1.165) is 0 Å². The normalized spacial score (nSPS) is 14.3. The van der Waals surface area contributed by atoms with Crippen molar-refractivity contribution in [2.45, 2.75) is 52.6 Å². The van der Waals surface area contributed by atoms with Crippen LogP contribution < -0.4 is 0 Å². The van der Waals surface area contributed by atoms with Crippen molar-refractivity contribution in [3.63, 3.8) is 0 Å². The van der Waals surface area contributed by atoms with Crippen molar-refractivity contribution in [2.75, 3.05) is 0 Å². The summed E-state index contributed by atoms with van der Waals surface area (Å²) >= 11 is 0. The maximum absolute atomic E-state index is 2.38. The molecule has 0 saturated heterocycles. The molecule has 0 saturated carbocycles. The smallest absolute Gasteiger partial charge is 0.186 e. The molecule has 0 aromatic rings. The summed E-state index contributed by atoms with van der Waals surface area (Å²) in [6, 6.07) is 0. The summed E-state index contributed by atoms with van der Waals surface area (Å²) in [6.45, 7) is 13.4. The second kappa shape index (κ2) is 2.57. The number of hydrogen-bond acceptors (Lipinski definition) is 1. The molecular weight excluding hydrogens is 121 g/mol. The van der Waals surface area contributed by atoms with Crippen LogP contribution in [-0.2, 0) is 0 Å². The summed E-state index contributed by atoms with van der Waals surface area (Å²) in [5, 5.41) is 0. The van der Waals surface area contributed by atoms with E-state index >= 15 is 0 Å². The average molecular weight is 141 g/mol. The summed E-state index contributed by atoms with van der Waals surface area (Å²) in [5.41, 5.74) is 0.552. The Morgan fingerprint density at radius 3 is 1.00 bits per heavy atom. The fraction of sp³-hybridized carbons (Fsp3) is 1.00. The van der Waals surface area contributed by atoms with E-state index in [1.807, 2.05) is 0 Å². The van der Waals surface area contributed by atoms with Crippen LogP contribution in [0.25, 0.3) is 0 Å². The van der Waals surface area contributed by atoms with Crippen LogP contribution in [0.15, 0.2) is 0 Å². The molecule has 0 rings (SSSR count). The molecule has 0 unspecified atom stereocenters. The van der Waals surface area contributed by atoms with Gasteiger partial charge >= 0.3 is 0 Å². The van der Waals surface area contributed by atoms with Crippen LogP contribution in [0.1, 0.15) is 41.5 Å². The molecule has 0 heterocycles. The standard InChI is InChI=1S/C8H20BN/c1-7(2,3)10(9)8(4,5)6/h9H2,1-6H3. The molecule has 0 bridgehead atoms. The molecule has 2 heteroatoms. The zero-order valence-corrected chi connectivity index (χ0v) is 8.45. The van der Waals surface area contributed by atoms with Crippen LogP contribution in [0, 0.1) is 0 Å². The molecule has 0 aromatic carbocycles. The van der Waals surface area contributed by atoms with Crippen LogP contribution >= 0.6 is 0 Å². The van der Waals surface area contributed by atoms with Gasteiger partial charge in [-0.25, -0.2) is 0 Å². The van der Waals surface area contributed by atoms with E-state index in [9.17, 15) is 0 Å². The Morgan fingerprint density at radius 1 is 0.800 bits per heavy atom. The lowest BCUT2D eigenvalue weighted by atomic mass is 9.91. The molecule has 0 spiro atoms. The second-order valence-corrected chi connectivity index (χ2v) is 4.90. The lowest BCUT2D eigenvalue weighted by Crippen LogP contribution is -2.50. The molecule has 0 aliphatic heterocycles. The molecule has 0 N–H and O–H groups in total. The largest absolute Gasteiger partial charge is 0.340 e. The van der Waals surface area contributed by atoms with Crippen LogP contribution in [-0.4, -0.2) is 23.9 Å². The minimum absolute atomic E-state index is 0.276. The fourth-order valence-corrected chi connectivity index (χ4v) is 1.01. The summed E-state index contributed by atoms with van der Waals surface area (Å²) < 4.78 is 0. The van der Waals surface area contributed by atoms with E-state index in [1.165, 1.54) is 0 Å². The highest BCUT2D eigenvalue weighted by atomic mass is 15.2. The van der Waals surface area contributed by atoms with E-state index in [0.29, 0.717) is 0 Å². The third-order valence-electron chi connectivity index (χ3n) is 2.01. The Bertz CT molecular complexity index is 93.4. The van der Waals surface area contributed by atoms with Crippen LogP contribution in [0.3, 0.4) is 0 Å². The van der Waals surface area contributed by atoms with E-state index in [4.69, 9.17) is 0 Å².